The highest BCUT2D eigenvalue weighted by molar-refractivity contribution is 5.96. The number of nitro benzene ring substituents is 1. The first-order chi connectivity index (χ1) is 15.5. The van der Waals surface area contributed by atoms with E-state index in [0.29, 0.717) is 5.70 Å². The van der Waals surface area contributed by atoms with E-state index in [-0.39, 0.29) is 29.7 Å². The van der Waals surface area contributed by atoms with Crippen LogP contribution in [0.5, 0.6) is 0 Å². The molecule has 1 heterocycles. The highest BCUT2D eigenvalue weighted by Gasteiger charge is 2.37. The van der Waals surface area contributed by atoms with Gasteiger partial charge in [0.05, 0.1) is 22.7 Å². The Bertz CT molecular complexity index is 1130. The molecule has 3 aromatic carbocycles. The molecule has 1 N–H and O–H groups in total. The summed E-state index contributed by atoms with van der Waals surface area (Å²) in [4.78, 5) is 26.0. The highest BCUT2D eigenvalue weighted by Crippen LogP contribution is 2.38. The lowest BCUT2D eigenvalue weighted by Crippen LogP contribution is -2.35. The van der Waals surface area contributed by atoms with Crippen LogP contribution < -0.4 is 5.32 Å². The Morgan fingerprint density at radius 1 is 0.875 bits per heavy atom. The molecule has 0 aromatic heterocycles. The molecule has 0 saturated heterocycles. The average Bonchev–Trinajstić information content (AvgIpc) is 3.15. The maximum atomic E-state index is 13.5. The van der Waals surface area contributed by atoms with Crippen molar-refractivity contribution in [2.45, 2.75) is 32.0 Å². The van der Waals surface area contributed by atoms with Crippen LogP contribution in [0.2, 0.25) is 0 Å². The van der Waals surface area contributed by atoms with Gasteiger partial charge in [-0.15, -0.1) is 0 Å². The van der Waals surface area contributed by atoms with Gasteiger partial charge in [-0.05, 0) is 48.7 Å². The minimum Gasteiger partial charge on any atom is -0.374 e. The van der Waals surface area contributed by atoms with Crippen LogP contribution in [0.25, 0.3) is 0 Å². The molecule has 162 valence electrons. The fraction of sp³-hybridized carbons (Fsp3) is 0.192. The van der Waals surface area contributed by atoms with Crippen molar-refractivity contribution in [2.75, 3.05) is 0 Å². The quantitative estimate of drug-likeness (QED) is 0.400. The molecule has 3 atom stereocenters. The van der Waals surface area contributed by atoms with Crippen LogP contribution in [-0.4, -0.2) is 15.7 Å². The largest absolute Gasteiger partial charge is 0.374 e. The number of nitrogens with zero attached hydrogens (tertiary/aromatic N) is 2. The normalized spacial score (nSPS) is 17.6. The first-order valence-corrected chi connectivity index (χ1v) is 10.6. The third-order valence-electron chi connectivity index (χ3n) is 5.91. The minimum absolute atomic E-state index is 0.0285. The van der Waals surface area contributed by atoms with Gasteiger partial charge in [0.25, 0.3) is 11.6 Å². The van der Waals surface area contributed by atoms with E-state index in [0.717, 1.165) is 16.7 Å². The Morgan fingerprint density at radius 3 is 2.00 bits per heavy atom. The van der Waals surface area contributed by atoms with E-state index < -0.39 is 4.92 Å². The molecule has 0 aliphatic carbocycles. The molecule has 6 heteroatoms. The summed E-state index contributed by atoms with van der Waals surface area (Å²) in [6, 6.07) is 25.7. The van der Waals surface area contributed by atoms with Crippen molar-refractivity contribution in [3.05, 3.63) is 124 Å². The lowest BCUT2D eigenvalue weighted by molar-refractivity contribution is -0.384. The van der Waals surface area contributed by atoms with Crippen molar-refractivity contribution < 1.29 is 9.72 Å². The molecular weight excluding hydrogens is 402 g/mol. The third-order valence-corrected chi connectivity index (χ3v) is 5.91. The maximum absolute atomic E-state index is 13.5. The van der Waals surface area contributed by atoms with Crippen LogP contribution in [0, 0.1) is 10.1 Å². The molecule has 0 radical (unpaired) electrons. The summed E-state index contributed by atoms with van der Waals surface area (Å²) >= 11 is 0. The fourth-order valence-corrected chi connectivity index (χ4v) is 4.10. The molecule has 0 saturated carbocycles. The van der Waals surface area contributed by atoms with Crippen LogP contribution >= 0.6 is 0 Å². The molecule has 0 unspecified atom stereocenters. The molecule has 4 rings (SSSR count). The lowest BCUT2D eigenvalue weighted by atomic mass is 10.0. The van der Waals surface area contributed by atoms with Gasteiger partial charge in [0.2, 0.25) is 0 Å². The zero-order valence-electron chi connectivity index (χ0n) is 18.0. The van der Waals surface area contributed by atoms with E-state index >= 15 is 0 Å². The number of hydrogen-bond acceptors (Lipinski definition) is 4. The van der Waals surface area contributed by atoms with Gasteiger partial charge in [-0.1, -0.05) is 60.7 Å². The summed E-state index contributed by atoms with van der Waals surface area (Å²) in [7, 11) is 0. The minimum atomic E-state index is -0.418. The SMILES string of the molecule is C[C@@H](NC1=C[C@@H](c2ccc([N+](=O)[O-])cc2)N([C@@H](C)c2ccccc2)C1=O)c1ccccc1. The van der Waals surface area contributed by atoms with Crippen molar-refractivity contribution in [1.82, 2.24) is 10.2 Å². The molecule has 0 bridgehead atoms. The lowest BCUT2D eigenvalue weighted by Gasteiger charge is -2.32. The molecule has 0 fully saturated rings. The zero-order chi connectivity index (χ0) is 22.7. The van der Waals surface area contributed by atoms with E-state index in [9.17, 15) is 14.9 Å². The highest BCUT2D eigenvalue weighted by atomic mass is 16.6. The molecule has 6 nitrogen and oxygen atoms in total. The predicted molar refractivity (Wildman–Crippen MR) is 124 cm³/mol. The molecule has 1 aliphatic heterocycles. The summed E-state index contributed by atoms with van der Waals surface area (Å²) in [6.07, 6.45) is 1.92. The van der Waals surface area contributed by atoms with E-state index in [1.165, 1.54) is 12.1 Å². The fourth-order valence-electron chi connectivity index (χ4n) is 4.10. The molecule has 3 aromatic rings. The number of hydrogen-bond donors (Lipinski definition) is 1. The van der Waals surface area contributed by atoms with Crippen LogP contribution in [0.4, 0.5) is 5.69 Å². The van der Waals surface area contributed by atoms with E-state index in [4.69, 9.17) is 0 Å². The van der Waals surface area contributed by atoms with Crippen molar-refractivity contribution in [2.24, 2.45) is 0 Å². The van der Waals surface area contributed by atoms with Crippen LogP contribution in [0.15, 0.2) is 96.7 Å². The first-order valence-electron chi connectivity index (χ1n) is 10.6. The summed E-state index contributed by atoms with van der Waals surface area (Å²) in [6.45, 7) is 4.02. The van der Waals surface area contributed by atoms with Gasteiger partial charge < -0.3 is 10.2 Å². The molecule has 1 aliphatic rings. The Kier molecular flexibility index (Phi) is 6.03. The Labute approximate surface area is 187 Å². The van der Waals surface area contributed by atoms with Crippen LogP contribution in [-0.2, 0) is 4.79 Å². The van der Waals surface area contributed by atoms with Gasteiger partial charge in [0.15, 0.2) is 0 Å². The zero-order valence-corrected chi connectivity index (χ0v) is 18.0. The van der Waals surface area contributed by atoms with Crippen molar-refractivity contribution in [3.8, 4) is 0 Å². The number of rotatable bonds is 7. The monoisotopic (exact) mass is 427 g/mol. The van der Waals surface area contributed by atoms with Gasteiger partial charge in [-0.3, -0.25) is 14.9 Å². The summed E-state index contributed by atoms with van der Waals surface area (Å²) in [5, 5.41) is 14.4. The molecular formula is C26H25N3O3. The molecule has 32 heavy (non-hydrogen) atoms. The van der Waals surface area contributed by atoms with Gasteiger partial charge in [0, 0.05) is 18.2 Å². The van der Waals surface area contributed by atoms with Crippen molar-refractivity contribution in [1.29, 1.82) is 0 Å². The molecule has 1 amide bonds. The Morgan fingerprint density at radius 2 is 1.44 bits per heavy atom. The van der Waals surface area contributed by atoms with Gasteiger partial charge in [0.1, 0.15) is 0 Å². The van der Waals surface area contributed by atoms with Crippen LogP contribution in [0.1, 0.15) is 48.7 Å². The number of benzene rings is 3. The topological polar surface area (TPSA) is 75.5 Å². The molecule has 0 spiro atoms. The van der Waals surface area contributed by atoms with Crippen LogP contribution in [0.3, 0.4) is 0 Å². The number of carbonyl (C=O) groups excluding carboxylic acids is 1. The summed E-state index contributed by atoms with van der Waals surface area (Å²) < 4.78 is 0. The number of carbonyl (C=O) groups is 1. The van der Waals surface area contributed by atoms with E-state index in [2.05, 4.69) is 5.32 Å². The number of non-ortho nitro benzene ring substituents is 1. The average molecular weight is 428 g/mol. The van der Waals surface area contributed by atoms with Crippen molar-refractivity contribution >= 4 is 11.6 Å². The smallest absolute Gasteiger partial charge is 0.270 e. The van der Waals surface area contributed by atoms with E-state index in [1.807, 2.05) is 85.5 Å². The number of nitrogens with one attached hydrogen (secondary N) is 1. The Balaban J connectivity index is 1.68. The second-order valence-corrected chi connectivity index (χ2v) is 7.95. The first kappa shape index (κ1) is 21.3. The van der Waals surface area contributed by atoms with Gasteiger partial charge in [-0.25, -0.2) is 0 Å². The van der Waals surface area contributed by atoms with E-state index in [1.54, 1.807) is 12.1 Å². The summed E-state index contributed by atoms with van der Waals surface area (Å²) in [5.74, 6) is -0.0903. The third kappa shape index (κ3) is 4.25. The number of nitro groups is 1. The van der Waals surface area contributed by atoms with Gasteiger partial charge >= 0.3 is 0 Å². The second kappa shape index (κ2) is 9.06. The summed E-state index contributed by atoms with van der Waals surface area (Å²) in [5.41, 5.74) is 3.50. The second-order valence-electron chi connectivity index (χ2n) is 7.95. The predicted octanol–water partition coefficient (Wildman–Crippen LogP) is 5.47. The van der Waals surface area contributed by atoms with Crippen molar-refractivity contribution in [3.63, 3.8) is 0 Å². The Hall–Kier alpha value is -3.93. The number of amides is 1. The van der Waals surface area contributed by atoms with Gasteiger partial charge in [-0.2, -0.15) is 0 Å². The maximum Gasteiger partial charge on any atom is 0.270 e. The standard InChI is InChI=1S/C26H25N3O3/c1-18(20-9-5-3-6-10-20)27-24-17-25(22-13-15-23(16-14-22)29(31)32)28(26(24)30)19(2)21-11-7-4-8-12-21/h3-19,25,27H,1-2H3/t18-,19+,25+/m1/s1.